The van der Waals surface area contributed by atoms with Gasteiger partial charge >= 0.3 is 0 Å². The summed E-state index contributed by atoms with van der Waals surface area (Å²) < 4.78 is 7.32. The molecule has 1 fully saturated rings. The quantitative estimate of drug-likeness (QED) is 0.737. The Hall–Kier alpha value is -1.80. The van der Waals surface area contributed by atoms with Crippen molar-refractivity contribution in [2.45, 2.75) is 35.3 Å². The lowest BCUT2D eigenvalue weighted by atomic mass is 10.3. The highest BCUT2D eigenvalue weighted by Gasteiger charge is 2.30. The average Bonchev–Trinajstić information content (AvgIpc) is 3.14. The zero-order valence-electron chi connectivity index (χ0n) is 11.3. The number of hydrogen-bond acceptors (Lipinski definition) is 7. The predicted octanol–water partition coefficient (Wildman–Crippen LogP) is 2.99. The molecule has 0 aliphatic heterocycles. The van der Waals surface area contributed by atoms with Crippen molar-refractivity contribution in [3.05, 3.63) is 30.4 Å². The Kier molecular flexibility index (Phi) is 3.19. The Morgan fingerprint density at radius 2 is 2.24 bits per heavy atom. The van der Waals surface area contributed by atoms with Crippen molar-refractivity contribution in [2.75, 3.05) is 0 Å². The first-order valence-electron chi connectivity index (χ1n) is 6.65. The molecule has 0 amide bonds. The van der Waals surface area contributed by atoms with Gasteiger partial charge in [-0.25, -0.2) is 4.98 Å². The van der Waals surface area contributed by atoms with Gasteiger partial charge in [-0.2, -0.15) is 4.37 Å². The summed E-state index contributed by atoms with van der Waals surface area (Å²) in [6, 6.07) is 4.42. The molecule has 4 rings (SSSR count). The fourth-order valence-electron chi connectivity index (χ4n) is 2.10. The van der Waals surface area contributed by atoms with E-state index >= 15 is 0 Å². The smallest absolute Gasteiger partial charge is 0.198 e. The highest BCUT2D eigenvalue weighted by molar-refractivity contribution is 8.00. The van der Waals surface area contributed by atoms with E-state index in [4.69, 9.17) is 0 Å². The van der Waals surface area contributed by atoms with Crippen LogP contribution in [0, 0.1) is 6.92 Å². The van der Waals surface area contributed by atoms with Gasteiger partial charge in [0.25, 0.3) is 0 Å². The van der Waals surface area contributed by atoms with Crippen LogP contribution in [-0.2, 0) is 0 Å². The van der Waals surface area contributed by atoms with E-state index in [2.05, 4.69) is 29.1 Å². The van der Waals surface area contributed by atoms with Gasteiger partial charge in [0, 0.05) is 24.0 Å². The molecule has 0 spiro atoms. The summed E-state index contributed by atoms with van der Waals surface area (Å²) in [4.78, 5) is 8.56. The van der Waals surface area contributed by atoms with E-state index in [9.17, 15) is 0 Å². The van der Waals surface area contributed by atoms with E-state index in [1.165, 1.54) is 36.1 Å². The molecule has 3 aromatic heterocycles. The van der Waals surface area contributed by atoms with Gasteiger partial charge in [0.15, 0.2) is 15.3 Å². The number of rotatable bonds is 4. The number of hydrogen-bond donors (Lipinski definition) is 0. The molecule has 21 heavy (non-hydrogen) atoms. The van der Waals surface area contributed by atoms with Crippen LogP contribution in [0.1, 0.15) is 24.7 Å². The zero-order valence-corrected chi connectivity index (χ0v) is 12.9. The Balaban J connectivity index is 1.73. The van der Waals surface area contributed by atoms with E-state index in [1.807, 2.05) is 25.3 Å². The van der Waals surface area contributed by atoms with Crippen molar-refractivity contribution in [2.24, 2.45) is 0 Å². The van der Waals surface area contributed by atoms with E-state index in [0.29, 0.717) is 6.04 Å². The molecule has 1 aliphatic carbocycles. The highest BCUT2D eigenvalue weighted by atomic mass is 32.2. The van der Waals surface area contributed by atoms with Crippen LogP contribution in [0.25, 0.3) is 11.4 Å². The summed E-state index contributed by atoms with van der Waals surface area (Å²) >= 11 is 2.93. The van der Waals surface area contributed by atoms with Crippen LogP contribution < -0.4 is 0 Å². The van der Waals surface area contributed by atoms with Gasteiger partial charge in [-0.1, -0.05) is 0 Å². The van der Waals surface area contributed by atoms with E-state index < -0.39 is 0 Å². The largest absolute Gasteiger partial charge is 0.299 e. The molecule has 1 aliphatic rings. The van der Waals surface area contributed by atoms with Crippen molar-refractivity contribution in [1.82, 2.24) is 29.1 Å². The van der Waals surface area contributed by atoms with Gasteiger partial charge in [-0.3, -0.25) is 9.55 Å². The molecule has 0 unspecified atom stereocenters. The Morgan fingerprint density at radius 3 is 2.90 bits per heavy atom. The maximum Gasteiger partial charge on any atom is 0.198 e. The van der Waals surface area contributed by atoms with Crippen LogP contribution in [0.3, 0.4) is 0 Å². The molecule has 3 heterocycles. The van der Waals surface area contributed by atoms with Crippen LogP contribution in [-0.4, -0.2) is 29.1 Å². The summed E-state index contributed by atoms with van der Waals surface area (Å²) in [5, 5.41) is 9.59. The molecule has 0 N–H and O–H groups in total. The second kappa shape index (κ2) is 5.19. The van der Waals surface area contributed by atoms with Crippen molar-refractivity contribution in [3.8, 4) is 11.4 Å². The molecule has 106 valence electrons. The van der Waals surface area contributed by atoms with E-state index in [-0.39, 0.29) is 0 Å². The van der Waals surface area contributed by atoms with Crippen LogP contribution in [0.5, 0.6) is 0 Å². The molecule has 1 saturated carbocycles. The first kappa shape index (κ1) is 12.9. The van der Waals surface area contributed by atoms with Gasteiger partial charge in [0.05, 0.1) is 0 Å². The van der Waals surface area contributed by atoms with Gasteiger partial charge in [-0.15, -0.1) is 10.2 Å². The minimum absolute atomic E-state index is 0.492. The maximum atomic E-state index is 4.39. The average molecular weight is 316 g/mol. The predicted molar refractivity (Wildman–Crippen MR) is 80.3 cm³/mol. The normalized spacial score (nSPS) is 14.5. The van der Waals surface area contributed by atoms with Gasteiger partial charge in [0.1, 0.15) is 5.82 Å². The molecule has 0 radical (unpaired) electrons. The lowest BCUT2D eigenvalue weighted by Gasteiger charge is -2.07. The van der Waals surface area contributed by atoms with Crippen molar-refractivity contribution >= 4 is 23.3 Å². The SMILES string of the molecule is Cc1nsc(Sc2nnc(-c3cccnc3)n2C2CC2)n1. The monoisotopic (exact) mass is 316 g/mol. The molecule has 8 heteroatoms. The molecule has 3 aromatic rings. The van der Waals surface area contributed by atoms with Crippen molar-refractivity contribution in [1.29, 1.82) is 0 Å². The van der Waals surface area contributed by atoms with Gasteiger partial charge in [-0.05, 0) is 55.2 Å². The summed E-state index contributed by atoms with van der Waals surface area (Å²) in [6.07, 6.45) is 5.94. The maximum absolute atomic E-state index is 4.39. The molecular weight excluding hydrogens is 304 g/mol. The molecule has 0 atom stereocenters. The fraction of sp³-hybridized carbons (Fsp3) is 0.308. The Bertz CT molecular complexity index is 762. The number of aryl methyl sites for hydroxylation is 1. The number of aromatic nitrogens is 6. The van der Waals surface area contributed by atoms with Gasteiger partial charge in [0.2, 0.25) is 0 Å². The zero-order chi connectivity index (χ0) is 14.2. The lowest BCUT2D eigenvalue weighted by molar-refractivity contribution is 0.669. The van der Waals surface area contributed by atoms with Crippen LogP contribution in [0.4, 0.5) is 0 Å². The molecule has 0 bridgehead atoms. The Labute approximate surface area is 129 Å². The second-order valence-electron chi connectivity index (χ2n) is 4.86. The molecule has 6 nitrogen and oxygen atoms in total. The summed E-state index contributed by atoms with van der Waals surface area (Å²) in [7, 11) is 0. The van der Waals surface area contributed by atoms with Crippen LogP contribution >= 0.6 is 23.3 Å². The molecular formula is C13H12N6S2. The van der Waals surface area contributed by atoms with E-state index in [1.54, 1.807) is 6.20 Å². The molecule has 0 aromatic carbocycles. The third-order valence-corrected chi connectivity index (χ3v) is 4.99. The topological polar surface area (TPSA) is 69.4 Å². The first-order chi connectivity index (χ1) is 10.3. The van der Waals surface area contributed by atoms with E-state index in [0.717, 1.165) is 26.7 Å². The number of nitrogens with zero attached hydrogens (tertiary/aromatic N) is 6. The lowest BCUT2D eigenvalue weighted by Crippen LogP contribution is -1.99. The first-order valence-corrected chi connectivity index (χ1v) is 8.24. The van der Waals surface area contributed by atoms with Crippen molar-refractivity contribution in [3.63, 3.8) is 0 Å². The van der Waals surface area contributed by atoms with Gasteiger partial charge < -0.3 is 0 Å². The fourth-order valence-corrected chi connectivity index (χ4v) is 3.76. The Morgan fingerprint density at radius 1 is 1.33 bits per heavy atom. The minimum atomic E-state index is 0.492. The van der Waals surface area contributed by atoms with Crippen LogP contribution in [0.2, 0.25) is 0 Å². The third kappa shape index (κ3) is 2.56. The standard InChI is InChI=1S/C13H12N6S2/c1-8-15-13(21-18-8)20-12-17-16-11(19(12)10-4-5-10)9-3-2-6-14-7-9/h2-3,6-7,10H,4-5H2,1H3. The number of pyridine rings is 1. The third-order valence-electron chi connectivity index (χ3n) is 3.18. The highest BCUT2D eigenvalue weighted by Crippen LogP contribution is 2.42. The minimum Gasteiger partial charge on any atom is -0.299 e. The molecule has 0 saturated heterocycles. The van der Waals surface area contributed by atoms with Crippen LogP contribution in [0.15, 0.2) is 34.0 Å². The second-order valence-corrected chi connectivity index (χ2v) is 6.82. The summed E-state index contributed by atoms with van der Waals surface area (Å²) in [5.74, 6) is 1.68. The van der Waals surface area contributed by atoms with Crippen molar-refractivity contribution < 1.29 is 0 Å². The summed E-state index contributed by atoms with van der Waals surface area (Å²) in [5.41, 5.74) is 0.997. The summed E-state index contributed by atoms with van der Waals surface area (Å²) in [6.45, 7) is 1.90.